The summed E-state index contributed by atoms with van der Waals surface area (Å²) in [6, 6.07) is 0. The predicted octanol–water partition coefficient (Wildman–Crippen LogP) is 7.51. The molecule has 0 saturated heterocycles. The zero-order valence-corrected chi connectivity index (χ0v) is 15.0. The Labute approximate surface area is 139 Å². The van der Waals surface area contributed by atoms with Crippen molar-refractivity contribution in [3.05, 3.63) is 0 Å². The van der Waals surface area contributed by atoms with E-state index in [9.17, 15) is 0 Å². The Morgan fingerprint density at radius 1 is 0.409 bits per heavy atom. The highest BCUT2D eigenvalue weighted by atomic mass is 14.3. The van der Waals surface area contributed by atoms with Crippen LogP contribution in [0.5, 0.6) is 0 Å². The van der Waals surface area contributed by atoms with Gasteiger partial charge in [0.25, 0.3) is 0 Å². The molecule has 0 spiro atoms. The average Bonchev–Trinajstić information content (AvgIpc) is 2.58. The average molecular weight is 305 g/mol. The summed E-state index contributed by atoms with van der Waals surface area (Å²) in [7, 11) is 0. The maximum absolute atomic E-state index is 1.59. The molecule has 3 saturated carbocycles. The summed E-state index contributed by atoms with van der Waals surface area (Å²) < 4.78 is 0. The molecule has 0 unspecified atom stereocenters. The van der Waals surface area contributed by atoms with Gasteiger partial charge in [-0.1, -0.05) is 109 Å². The normalized spacial score (nSPS) is 32.2. The van der Waals surface area contributed by atoms with Crippen molar-refractivity contribution in [2.24, 2.45) is 23.7 Å². The quantitative estimate of drug-likeness (QED) is 0.476. The third-order valence-electron chi connectivity index (χ3n) is 7.31. The van der Waals surface area contributed by atoms with E-state index in [1.165, 1.54) is 38.5 Å². The zero-order chi connectivity index (χ0) is 15.0. The van der Waals surface area contributed by atoms with Crippen LogP contribution in [-0.2, 0) is 0 Å². The summed E-state index contributed by atoms with van der Waals surface area (Å²) in [5.74, 6) is 4.43. The van der Waals surface area contributed by atoms with Crippen LogP contribution in [0.15, 0.2) is 0 Å². The Morgan fingerprint density at radius 3 is 1.41 bits per heavy atom. The zero-order valence-electron chi connectivity index (χ0n) is 15.0. The van der Waals surface area contributed by atoms with Crippen LogP contribution in [0.3, 0.4) is 0 Å². The molecule has 0 heteroatoms. The van der Waals surface area contributed by atoms with Gasteiger partial charge >= 0.3 is 0 Å². The van der Waals surface area contributed by atoms with Gasteiger partial charge in [-0.25, -0.2) is 0 Å². The molecule has 3 fully saturated rings. The van der Waals surface area contributed by atoms with Gasteiger partial charge in [0.05, 0.1) is 0 Å². The van der Waals surface area contributed by atoms with Crippen LogP contribution in [-0.4, -0.2) is 0 Å². The van der Waals surface area contributed by atoms with E-state index in [0.717, 1.165) is 23.7 Å². The SMILES string of the molecule is C1CCC(CCCC2CCC(CC3CCCCC3)CC2)CC1. The molecule has 0 aliphatic heterocycles. The Bertz CT molecular complexity index is 274. The van der Waals surface area contributed by atoms with Gasteiger partial charge in [-0.05, 0) is 30.1 Å². The van der Waals surface area contributed by atoms with Crippen molar-refractivity contribution in [2.45, 2.75) is 116 Å². The van der Waals surface area contributed by atoms with Crippen molar-refractivity contribution in [1.29, 1.82) is 0 Å². The highest BCUT2D eigenvalue weighted by molar-refractivity contribution is 4.77. The minimum absolute atomic E-state index is 1.10. The minimum atomic E-state index is 1.10. The van der Waals surface area contributed by atoms with E-state index in [0.29, 0.717) is 0 Å². The lowest BCUT2D eigenvalue weighted by Gasteiger charge is -2.32. The molecule has 0 atom stereocenters. The summed E-state index contributed by atoms with van der Waals surface area (Å²) in [4.78, 5) is 0. The largest absolute Gasteiger partial charge is 0.0533 e. The molecule has 0 aromatic carbocycles. The molecule has 22 heavy (non-hydrogen) atoms. The highest BCUT2D eigenvalue weighted by Gasteiger charge is 2.24. The van der Waals surface area contributed by atoms with Crippen molar-refractivity contribution in [1.82, 2.24) is 0 Å². The Kier molecular flexibility index (Phi) is 7.15. The Balaban J connectivity index is 1.25. The minimum Gasteiger partial charge on any atom is -0.0533 e. The first-order valence-electron chi connectivity index (χ1n) is 10.9. The summed E-state index contributed by atoms with van der Waals surface area (Å²) in [5, 5.41) is 0. The third-order valence-corrected chi connectivity index (χ3v) is 7.31. The molecule has 0 aromatic heterocycles. The molecule has 3 aliphatic carbocycles. The second-order valence-electron chi connectivity index (χ2n) is 9.06. The van der Waals surface area contributed by atoms with E-state index in [4.69, 9.17) is 0 Å². The topological polar surface area (TPSA) is 0 Å². The third kappa shape index (κ3) is 5.57. The second kappa shape index (κ2) is 9.33. The fourth-order valence-electron chi connectivity index (χ4n) is 5.82. The van der Waals surface area contributed by atoms with Crippen molar-refractivity contribution in [3.8, 4) is 0 Å². The standard InChI is InChI=1S/C22H40/c1-3-8-19(9-4-1)12-7-13-20-14-16-22(17-15-20)18-21-10-5-2-6-11-21/h19-22H,1-18H2. The number of hydrogen-bond acceptors (Lipinski definition) is 0. The van der Waals surface area contributed by atoms with Gasteiger partial charge in [0.15, 0.2) is 0 Å². The first-order valence-corrected chi connectivity index (χ1v) is 10.9. The molecular weight excluding hydrogens is 264 g/mol. The van der Waals surface area contributed by atoms with Crippen LogP contribution in [0, 0.1) is 23.7 Å². The monoisotopic (exact) mass is 304 g/mol. The van der Waals surface area contributed by atoms with Crippen molar-refractivity contribution in [2.75, 3.05) is 0 Å². The molecule has 3 rings (SSSR count). The molecule has 128 valence electrons. The van der Waals surface area contributed by atoms with Gasteiger partial charge in [-0.2, -0.15) is 0 Å². The smallest absolute Gasteiger partial charge is 0.0411 e. The Hall–Kier alpha value is 0. The summed E-state index contributed by atoms with van der Waals surface area (Å²) in [5.41, 5.74) is 0. The van der Waals surface area contributed by atoms with Gasteiger partial charge in [-0.3, -0.25) is 0 Å². The molecule has 0 aromatic rings. The summed E-state index contributed by atoms with van der Waals surface area (Å²) in [6.45, 7) is 0. The summed E-state index contributed by atoms with van der Waals surface area (Å²) >= 11 is 0. The number of hydrogen-bond donors (Lipinski definition) is 0. The second-order valence-corrected chi connectivity index (χ2v) is 9.06. The lowest BCUT2D eigenvalue weighted by molar-refractivity contribution is 0.201. The van der Waals surface area contributed by atoms with E-state index in [1.807, 2.05) is 0 Å². The van der Waals surface area contributed by atoms with Gasteiger partial charge in [-0.15, -0.1) is 0 Å². The molecule has 0 heterocycles. The lowest BCUT2D eigenvalue weighted by Crippen LogP contribution is -2.19. The van der Waals surface area contributed by atoms with E-state index in [1.54, 1.807) is 77.0 Å². The number of rotatable bonds is 6. The predicted molar refractivity (Wildman–Crippen MR) is 97.1 cm³/mol. The molecular formula is C22H40. The van der Waals surface area contributed by atoms with Gasteiger partial charge in [0.1, 0.15) is 0 Å². The van der Waals surface area contributed by atoms with Crippen molar-refractivity contribution < 1.29 is 0 Å². The van der Waals surface area contributed by atoms with E-state index < -0.39 is 0 Å². The highest BCUT2D eigenvalue weighted by Crippen LogP contribution is 2.38. The van der Waals surface area contributed by atoms with Crippen molar-refractivity contribution in [3.63, 3.8) is 0 Å². The van der Waals surface area contributed by atoms with Crippen LogP contribution < -0.4 is 0 Å². The molecule has 3 aliphatic rings. The van der Waals surface area contributed by atoms with Crippen LogP contribution in [0.1, 0.15) is 116 Å². The van der Waals surface area contributed by atoms with Crippen LogP contribution in [0.25, 0.3) is 0 Å². The van der Waals surface area contributed by atoms with E-state index in [-0.39, 0.29) is 0 Å². The van der Waals surface area contributed by atoms with Gasteiger partial charge < -0.3 is 0 Å². The molecule has 0 radical (unpaired) electrons. The molecule has 0 nitrogen and oxygen atoms in total. The van der Waals surface area contributed by atoms with E-state index >= 15 is 0 Å². The van der Waals surface area contributed by atoms with Crippen LogP contribution in [0.4, 0.5) is 0 Å². The first-order chi connectivity index (χ1) is 10.9. The maximum atomic E-state index is 1.59. The van der Waals surface area contributed by atoms with E-state index in [2.05, 4.69) is 0 Å². The van der Waals surface area contributed by atoms with Crippen molar-refractivity contribution >= 4 is 0 Å². The first kappa shape index (κ1) is 16.8. The van der Waals surface area contributed by atoms with Gasteiger partial charge in [0.2, 0.25) is 0 Å². The molecule has 0 amide bonds. The van der Waals surface area contributed by atoms with Crippen LogP contribution in [0.2, 0.25) is 0 Å². The Morgan fingerprint density at radius 2 is 0.818 bits per heavy atom. The maximum Gasteiger partial charge on any atom is -0.0411 e. The fraction of sp³-hybridized carbons (Fsp3) is 1.00. The molecule has 0 N–H and O–H groups in total. The molecule has 0 bridgehead atoms. The van der Waals surface area contributed by atoms with Crippen LogP contribution >= 0.6 is 0 Å². The summed E-state index contributed by atoms with van der Waals surface area (Å²) in [6.07, 6.45) is 27.9. The lowest BCUT2D eigenvalue weighted by atomic mass is 9.74. The fourth-order valence-corrected chi connectivity index (χ4v) is 5.82. The van der Waals surface area contributed by atoms with Gasteiger partial charge in [0, 0.05) is 0 Å².